The Balaban J connectivity index is 1.30. The standard InChI is InChI=1S/C20H24N6O/c1-24-15-23-19-17(24)7-8-21-20(19)26-11-9-25(10-12-26)14-18(27)22-13-16-5-3-2-4-6-16/h2-8,15H,9-14H2,1H3,(H,22,27). The molecule has 1 fully saturated rings. The fourth-order valence-electron chi connectivity index (χ4n) is 3.45. The number of fused-ring (bicyclic) bond motifs is 1. The van der Waals surface area contributed by atoms with Crippen molar-refractivity contribution in [3.8, 4) is 0 Å². The van der Waals surface area contributed by atoms with E-state index >= 15 is 0 Å². The van der Waals surface area contributed by atoms with Crippen LogP contribution >= 0.6 is 0 Å². The van der Waals surface area contributed by atoms with Gasteiger partial charge >= 0.3 is 0 Å². The van der Waals surface area contributed by atoms with Gasteiger partial charge in [-0.1, -0.05) is 30.3 Å². The smallest absolute Gasteiger partial charge is 0.234 e. The van der Waals surface area contributed by atoms with Crippen LogP contribution in [0.5, 0.6) is 0 Å². The number of hydrogen-bond acceptors (Lipinski definition) is 5. The fraction of sp³-hybridized carbons (Fsp3) is 0.350. The average molecular weight is 364 g/mol. The summed E-state index contributed by atoms with van der Waals surface area (Å²) in [5, 5.41) is 3.00. The van der Waals surface area contributed by atoms with Crippen LogP contribution < -0.4 is 10.2 Å². The lowest BCUT2D eigenvalue weighted by Crippen LogP contribution is -2.49. The molecular formula is C20H24N6O. The minimum absolute atomic E-state index is 0.0669. The van der Waals surface area contributed by atoms with Gasteiger partial charge < -0.3 is 14.8 Å². The van der Waals surface area contributed by atoms with Gasteiger partial charge in [-0.05, 0) is 11.6 Å². The van der Waals surface area contributed by atoms with Crippen LogP contribution in [0.2, 0.25) is 0 Å². The van der Waals surface area contributed by atoms with E-state index in [2.05, 4.69) is 25.1 Å². The molecule has 0 bridgehead atoms. The highest BCUT2D eigenvalue weighted by Crippen LogP contribution is 2.23. The van der Waals surface area contributed by atoms with Crippen LogP contribution in [0, 0.1) is 0 Å². The van der Waals surface area contributed by atoms with Crippen LogP contribution in [-0.2, 0) is 18.4 Å². The SMILES string of the molecule is Cn1cnc2c(N3CCN(CC(=O)NCc4ccccc4)CC3)nccc21. The number of aryl methyl sites for hydroxylation is 1. The molecule has 1 N–H and O–H groups in total. The summed E-state index contributed by atoms with van der Waals surface area (Å²) in [6.45, 7) is 4.36. The van der Waals surface area contributed by atoms with Gasteiger partial charge in [-0.15, -0.1) is 0 Å². The fourth-order valence-corrected chi connectivity index (χ4v) is 3.45. The Morgan fingerprint density at radius 2 is 1.85 bits per heavy atom. The van der Waals surface area contributed by atoms with Gasteiger partial charge in [0.1, 0.15) is 5.52 Å². The molecule has 1 saturated heterocycles. The Hall–Kier alpha value is -2.93. The zero-order chi connectivity index (χ0) is 18.6. The number of carbonyl (C=O) groups excluding carboxylic acids is 1. The third kappa shape index (κ3) is 3.93. The predicted molar refractivity (Wildman–Crippen MR) is 105 cm³/mol. The average Bonchev–Trinajstić information content (AvgIpc) is 3.09. The molecule has 1 aliphatic heterocycles. The number of piperazine rings is 1. The van der Waals surface area contributed by atoms with Crippen molar-refractivity contribution in [1.82, 2.24) is 24.8 Å². The second-order valence-electron chi connectivity index (χ2n) is 6.88. The number of amides is 1. The highest BCUT2D eigenvalue weighted by Gasteiger charge is 2.22. The van der Waals surface area contributed by atoms with Crippen molar-refractivity contribution < 1.29 is 4.79 Å². The van der Waals surface area contributed by atoms with Crippen LogP contribution in [0.15, 0.2) is 48.9 Å². The molecule has 1 amide bonds. The molecule has 0 saturated carbocycles. The number of hydrogen-bond donors (Lipinski definition) is 1. The molecule has 1 aliphatic rings. The number of pyridine rings is 1. The maximum Gasteiger partial charge on any atom is 0.234 e. The highest BCUT2D eigenvalue weighted by molar-refractivity contribution is 5.86. The first kappa shape index (κ1) is 17.5. The number of nitrogens with zero attached hydrogens (tertiary/aromatic N) is 5. The lowest BCUT2D eigenvalue weighted by molar-refractivity contribution is -0.122. The van der Waals surface area contributed by atoms with Crippen molar-refractivity contribution in [1.29, 1.82) is 0 Å². The summed E-state index contributed by atoms with van der Waals surface area (Å²) in [6.07, 6.45) is 3.66. The van der Waals surface area contributed by atoms with E-state index in [1.54, 1.807) is 0 Å². The van der Waals surface area contributed by atoms with E-state index in [4.69, 9.17) is 0 Å². The Morgan fingerprint density at radius 1 is 1.07 bits per heavy atom. The molecule has 0 unspecified atom stereocenters. The zero-order valence-corrected chi connectivity index (χ0v) is 15.5. The third-order valence-electron chi connectivity index (χ3n) is 5.00. The number of imidazole rings is 1. The molecule has 0 radical (unpaired) electrons. The van der Waals surface area contributed by atoms with Crippen molar-refractivity contribution in [2.24, 2.45) is 7.05 Å². The Morgan fingerprint density at radius 3 is 2.63 bits per heavy atom. The third-order valence-corrected chi connectivity index (χ3v) is 5.00. The first-order valence-electron chi connectivity index (χ1n) is 9.24. The lowest BCUT2D eigenvalue weighted by Gasteiger charge is -2.35. The van der Waals surface area contributed by atoms with E-state index in [-0.39, 0.29) is 5.91 Å². The maximum absolute atomic E-state index is 12.2. The minimum atomic E-state index is 0.0669. The van der Waals surface area contributed by atoms with Gasteiger partial charge in [0.25, 0.3) is 0 Å². The molecule has 2 aromatic heterocycles. The number of nitrogens with one attached hydrogen (secondary N) is 1. The summed E-state index contributed by atoms with van der Waals surface area (Å²) >= 11 is 0. The lowest BCUT2D eigenvalue weighted by atomic mass is 10.2. The molecule has 0 atom stereocenters. The summed E-state index contributed by atoms with van der Waals surface area (Å²) in [7, 11) is 1.99. The van der Waals surface area contributed by atoms with Gasteiger partial charge in [-0.3, -0.25) is 9.69 Å². The van der Waals surface area contributed by atoms with Gasteiger partial charge in [-0.2, -0.15) is 0 Å². The molecule has 4 rings (SSSR count). The number of anilines is 1. The minimum Gasteiger partial charge on any atom is -0.352 e. The summed E-state index contributed by atoms with van der Waals surface area (Å²) in [5.74, 6) is 0.999. The summed E-state index contributed by atoms with van der Waals surface area (Å²) in [5.41, 5.74) is 3.14. The Kier molecular flexibility index (Phi) is 5.02. The molecule has 7 nitrogen and oxygen atoms in total. The van der Waals surface area contributed by atoms with Crippen molar-refractivity contribution in [2.75, 3.05) is 37.6 Å². The van der Waals surface area contributed by atoms with Crippen LogP contribution in [0.3, 0.4) is 0 Å². The van der Waals surface area contributed by atoms with E-state index in [1.165, 1.54) is 0 Å². The van der Waals surface area contributed by atoms with Gasteiger partial charge in [0.15, 0.2) is 5.82 Å². The monoisotopic (exact) mass is 364 g/mol. The second-order valence-corrected chi connectivity index (χ2v) is 6.88. The van der Waals surface area contributed by atoms with Crippen molar-refractivity contribution in [3.05, 3.63) is 54.5 Å². The van der Waals surface area contributed by atoms with Crippen LogP contribution in [-0.4, -0.2) is 58.1 Å². The van der Waals surface area contributed by atoms with E-state index in [9.17, 15) is 4.79 Å². The summed E-state index contributed by atoms with van der Waals surface area (Å²) in [6, 6.07) is 12.0. The van der Waals surface area contributed by atoms with Gasteiger partial charge in [0, 0.05) is 46.0 Å². The summed E-state index contributed by atoms with van der Waals surface area (Å²) in [4.78, 5) is 25.7. The van der Waals surface area contributed by atoms with Gasteiger partial charge in [-0.25, -0.2) is 9.97 Å². The normalized spacial score (nSPS) is 15.2. The predicted octanol–water partition coefficient (Wildman–Crippen LogP) is 1.41. The highest BCUT2D eigenvalue weighted by atomic mass is 16.2. The Bertz CT molecular complexity index is 915. The van der Waals surface area contributed by atoms with Crippen LogP contribution in [0.4, 0.5) is 5.82 Å². The number of rotatable bonds is 5. The molecule has 0 aliphatic carbocycles. The van der Waals surface area contributed by atoms with E-state index in [0.29, 0.717) is 13.1 Å². The van der Waals surface area contributed by atoms with E-state index < -0.39 is 0 Å². The second kappa shape index (κ2) is 7.75. The van der Waals surface area contributed by atoms with Crippen LogP contribution in [0.25, 0.3) is 11.0 Å². The van der Waals surface area contributed by atoms with Crippen molar-refractivity contribution in [3.63, 3.8) is 0 Å². The van der Waals surface area contributed by atoms with Crippen LogP contribution in [0.1, 0.15) is 5.56 Å². The number of carbonyl (C=O) groups is 1. The molecule has 7 heteroatoms. The summed E-state index contributed by atoms with van der Waals surface area (Å²) < 4.78 is 2.01. The van der Waals surface area contributed by atoms with E-state index in [0.717, 1.165) is 48.6 Å². The molecular weight excluding hydrogens is 340 g/mol. The number of aromatic nitrogens is 3. The van der Waals surface area contributed by atoms with Crippen molar-refractivity contribution in [2.45, 2.75) is 6.54 Å². The molecule has 27 heavy (non-hydrogen) atoms. The molecule has 0 spiro atoms. The Labute approximate surface area is 158 Å². The largest absolute Gasteiger partial charge is 0.352 e. The van der Waals surface area contributed by atoms with Gasteiger partial charge in [0.2, 0.25) is 5.91 Å². The first-order valence-corrected chi connectivity index (χ1v) is 9.24. The first-order chi connectivity index (χ1) is 13.2. The van der Waals surface area contributed by atoms with Crippen molar-refractivity contribution >= 4 is 22.8 Å². The quantitative estimate of drug-likeness (QED) is 0.741. The molecule has 3 aromatic rings. The molecule has 1 aromatic carbocycles. The van der Waals surface area contributed by atoms with Gasteiger partial charge in [0.05, 0.1) is 18.4 Å². The zero-order valence-electron chi connectivity index (χ0n) is 15.5. The molecule has 3 heterocycles. The number of benzene rings is 1. The van der Waals surface area contributed by atoms with E-state index in [1.807, 2.05) is 60.5 Å². The maximum atomic E-state index is 12.2. The molecule has 140 valence electrons. The topological polar surface area (TPSA) is 66.3 Å².